The topological polar surface area (TPSA) is 82.5 Å². The molecular weight excluding hydrogens is 833 g/mol. The van der Waals surface area contributed by atoms with Gasteiger partial charge in [0.05, 0.1) is 39.2 Å². The van der Waals surface area contributed by atoms with E-state index in [9.17, 15) is 0 Å². The number of para-hydroxylation sites is 3. The Morgan fingerprint density at radius 3 is 1.60 bits per heavy atom. The van der Waals surface area contributed by atoms with Crippen molar-refractivity contribution in [3.05, 3.63) is 231 Å². The fourth-order valence-corrected chi connectivity index (χ4v) is 9.56. The van der Waals surface area contributed by atoms with Crippen LogP contribution >= 0.6 is 0 Å². The van der Waals surface area contributed by atoms with E-state index in [-0.39, 0.29) is 0 Å². The summed E-state index contributed by atoms with van der Waals surface area (Å²) in [6.45, 7) is 0. The highest BCUT2D eigenvalue weighted by Gasteiger charge is 2.25. The molecule has 0 aliphatic rings. The van der Waals surface area contributed by atoms with Crippen LogP contribution in [-0.2, 0) is 0 Å². The number of hydrogen-bond donors (Lipinski definition) is 0. The number of nitrogens with zero attached hydrogens (tertiary/aromatic N) is 6. The minimum atomic E-state index is 0.662. The maximum Gasteiger partial charge on any atom is 0.163 e. The zero-order valence-electron chi connectivity index (χ0n) is 36.5. The predicted octanol–water partition coefficient (Wildman–Crippen LogP) is 15.3. The Bertz CT molecular complexity index is 3940. The van der Waals surface area contributed by atoms with Crippen molar-refractivity contribution in [2.75, 3.05) is 0 Å². The maximum atomic E-state index is 6.85. The van der Waals surface area contributed by atoms with Crippen LogP contribution in [0.1, 0.15) is 0 Å². The first-order chi connectivity index (χ1) is 33.7. The van der Waals surface area contributed by atoms with Crippen LogP contribution in [0.15, 0.2) is 235 Å². The van der Waals surface area contributed by atoms with Crippen LogP contribution in [0.4, 0.5) is 0 Å². The molecule has 13 rings (SSSR count). The van der Waals surface area contributed by atoms with Gasteiger partial charge >= 0.3 is 0 Å². The average Bonchev–Trinajstić information content (AvgIpc) is 3.99. The monoisotopic (exact) mass is 870 g/mol. The van der Waals surface area contributed by atoms with Gasteiger partial charge in [-0.15, -0.1) is 0 Å². The number of benzene rings is 7. The van der Waals surface area contributed by atoms with Gasteiger partial charge in [0.1, 0.15) is 11.4 Å². The van der Waals surface area contributed by atoms with Crippen LogP contribution in [0.5, 0.6) is 0 Å². The molecule has 0 fully saturated rings. The number of aromatic nitrogens is 6. The van der Waals surface area contributed by atoms with E-state index < -0.39 is 0 Å². The van der Waals surface area contributed by atoms with Gasteiger partial charge in [-0.3, -0.25) is 9.97 Å². The number of pyridine rings is 3. The van der Waals surface area contributed by atoms with Gasteiger partial charge < -0.3 is 8.98 Å². The van der Waals surface area contributed by atoms with Crippen molar-refractivity contribution in [3.63, 3.8) is 0 Å². The smallest absolute Gasteiger partial charge is 0.163 e. The third-order valence-electron chi connectivity index (χ3n) is 12.8. The van der Waals surface area contributed by atoms with E-state index in [2.05, 4.69) is 156 Å². The van der Waals surface area contributed by atoms with Crippen LogP contribution in [0.2, 0.25) is 0 Å². The zero-order valence-corrected chi connectivity index (χ0v) is 36.5. The first kappa shape index (κ1) is 39.1. The lowest BCUT2D eigenvalue weighted by molar-refractivity contribution is 0.629. The Morgan fingerprint density at radius 1 is 0.368 bits per heavy atom. The molecule has 0 atom stereocenters. The van der Waals surface area contributed by atoms with Gasteiger partial charge in [0, 0.05) is 61.9 Å². The van der Waals surface area contributed by atoms with E-state index in [4.69, 9.17) is 29.3 Å². The molecule has 0 unspecified atom stereocenters. The Labute approximate surface area is 391 Å². The summed E-state index contributed by atoms with van der Waals surface area (Å²) in [6, 6.07) is 75.3. The molecule has 0 spiro atoms. The van der Waals surface area contributed by atoms with Crippen molar-refractivity contribution in [2.45, 2.75) is 0 Å². The molecule has 0 bridgehead atoms. The number of furan rings is 1. The fourth-order valence-electron chi connectivity index (χ4n) is 9.56. The lowest BCUT2D eigenvalue weighted by Crippen LogP contribution is -1.97. The number of hydrogen-bond acceptors (Lipinski definition) is 6. The maximum absolute atomic E-state index is 6.85. The van der Waals surface area contributed by atoms with Gasteiger partial charge in [-0.05, 0) is 71.8 Å². The zero-order chi connectivity index (χ0) is 45.0. The standard InChI is InChI=1S/C61H38N6O/c1-2-15-43(16-3-1)61-65-52(38-53(66-61)44-17-14-18-45(37-44)67-54-25-8-5-19-46(54)47-20-6-9-26-55(47)67)41-31-27-39(28-32-41)40-29-33-42(34-30-40)58-60-56(48-21-4-7-22-49(48)64-58)57(50-23-10-12-35-62-50)59(68-60)51-24-11-13-36-63-51/h1-38H. The highest BCUT2D eigenvalue weighted by Crippen LogP contribution is 2.46. The van der Waals surface area contributed by atoms with Crippen LogP contribution in [0.3, 0.4) is 0 Å². The second-order valence-corrected chi connectivity index (χ2v) is 16.8. The van der Waals surface area contributed by atoms with Gasteiger partial charge in [-0.2, -0.15) is 0 Å². The Hall–Kier alpha value is -9.33. The molecule has 7 nitrogen and oxygen atoms in total. The summed E-state index contributed by atoms with van der Waals surface area (Å²) in [4.78, 5) is 25.0. The van der Waals surface area contributed by atoms with Crippen molar-refractivity contribution in [2.24, 2.45) is 0 Å². The minimum absolute atomic E-state index is 0.662. The molecule has 0 radical (unpaired) electrons. The Balaban J connectivity index is 0.872. The van der Waals surface area contributed by atoms with Gasteiger partial charge in [0.15, 0.2) is 17.2 Å². The van der Waals surface area contributed by atoms with Crippen molar-refractivity contribution >= 4 is 43.7 Å². The molecule has 0 aliphatic carbocycles. The van der Waals surface area contributed by atoms with Crippen molar-refractivity contribution in [3.8, 4) is 84.7 Å². The molecule has 6 aromatic heterocycles. The highest BCUT2D eigenvalue weighted by molar-refractivity contribution is 6.18. The normalized spacial score (nSPS) is 11.5. The van der Waals surface area contributed by atoms with Crippen LogP contribution < -0.4 is 0 Å². The molecule has 318 valence electrons. The van der Waals surface area contributed by atoms with Crippen LogP contribution in [0.25, 0.3) is 128 Å². The molecule has 0 saturated carbocycles. The largest absolute Gasteiger partial charge is 0.451 e. The third kappa shape index (κ3) is 6.72. The van der Waals surface area contributed by atoms with E-state index in [0.29, 0.717) is 17.2 Å². The molecule has 7 heteroatoms. The lowest BCUT2D eigenvalue weighted by atomic mass is 9.97. The predicted molar refractivity (Wildman–Crippen MR) is 275 cm³/mol. The van der Waals surface area contributed by atoms with E-state index in [1.54, 1.807) is 6.20 Å². The number of fused-ring (bicyclic) bond motifs is 6. The van der Waals surface area contributed by atoms with E-state index in [0.717, 1.165) is 89.4 Å². The fraction of sp³-hybridized carbons (Fsp3) is 0. The molecule has 0 saturated heterocycles. The second kappa shape index (κ2) is 16.3. The molecule has 0 amide bonds. The molecular formula is C61H38N6O. The van der Waals surface area contributed by atoms with E-state index in [1.807, 2.05) is 72.9 Å². The Kier molecular flexibility index (Phi) is 9.35. The van der Waals surface area contributed by atoms with Crippen molar-refractivity contribution in [1.29, 1.82) is 0 Å². The van der Waals surface area contributed by atoms with Crippen LogP contribution in [0, 0.1) is 0 Å². The summed E-state index contributed by atoms with van der Waals surface area (Å²) >= 11 is 0. The molecule has 13 aromatic rings. The summed E-state index contributed by atoms with van der Waals surface area (Å²) in [5, 5.41) is 4.41. The summed E-state index contributed by atoms with van der Waals surface area (Å²) in [5.74, 6) is 1.34. The highest BCUT2D eigenvalue weighted by atomic mass is 16.3. The summed E-state index contributed by atoms with van der Waals surface area (Å²) in [7, 11) is 0. The summed E-state index contributed by atoms with van der Waals surface area (Å²) in [5.41, 5.74) is 15.9. The third-order valence-corrected chi connectivity index (χ3v) is 12.8. The Morgan fingerprint density at radius 2 is 0.926 bits per heavy atom. The van der Waals surface area contributed by atoms with Crippen molar-refractivity contribution < 1.29 is 4.42 Å². The molecule has 0 N–H and O–H groups in total. The molecule has 0 aliphatic heterocycles. The lowest BCUT2D eigenvalue weighted by Gasteiger charge is -2.12. The van der Waals surface area contributed by atoms with Gasteiger partial charge in [0.2, 0.25) is 0 Å². The van der Waals surface area contributed by atoms with Gasteiger partial charge in [0.25, 0.3) is 0 Å². The average molecular weight is 871 g/mol. The SMILES string of the molecule is c1ccc(-c2nc(-c3ccc(-c4ccc(-c5nc6ccccc6c6c(-c7ccccn7)c(-c7ccccn7)oc56)cc4)cc3)cc(-c3cccc(-n4c5ccccc5c5ccccc54)c3)n2)cc1. The van der Waals surface area contributed by atoms with Crippen molar-refractivity contribution in [1.82, 2.24) is 29.5 Å². The second-order valence-electron chi connectivity index (χ2n) is 16.8. The van der Waals surface area contributed by atoms with Crippen LogP contribution in [-0.4, -0.2) is 29.5 Å². The van der Waals surface area contributed by atoms with Gasteiger partial charge in [-0.1, -0.05) is 158 Å². The summed E-state index contributed by atoms with van der Waals surface area (Å²) < 4.78 is 9.20. The van der Waals surface area contributed by atoms with Gasteiger partial charge in [-0.25, -0.2) is 15.0 Å². The quantitative estimate of drug-likeness (QED) is 0.151. The first-order valence-corrected chi connectivity index (χ1v) is 22.6. The summed E-state index contributed by atoms with van der Waals surface area (Å²) in [6.07, 6.45) is 3.60. The molecule has 7 aromatic carbocycles. The molecule has 6 heterocycles. The first-order valence-electron chi connectivity index (χ1n) is 22.6. The minimum Gasteiger partial charge on any atom is -0.451 e. The molecule has 68 heavy (non-hydrogen) atoms. The number of rotatable bonds is 8. The van der Waals surface area contributed by atoms with E-state index in [1.165, 1.54) is 21.8 Å². The van der Waals surface area contributed by atoms with E-state index >= 15 is 0 Å².